The average molecular weight is 583 g/mol. The molecule has 0 aliphatic carbocycles. The molecule has 216 valence electrons. The highest BCUT2D eigenvalue weighted by Gasteiger charge is 2.53. The van der Waals surface area contributed by atoms with E-state index in [0.29, 0.717) is 24.9 Å². The molecule has 4 rings (SSSR count). The number of nitrogens with zero attached hydrogens (tertiary/aromatic N) is 3. The van der Waals surface area contributed by atoms with Crippen LogP contribution in [0.4, 0.5) is 5.69 Å². The van der Waals surface area contributed by atoms with Crippen LogP contribution in [0, 0.1) is 17.8 Å². The first kappa shape index (κ1) is 29.6. The summed E-state index contributed by atoms with van der Waals surface area (Å²) in [5.74, 6) is -0.259. The maximum atomic E-state index is 13.7. The molecule has 1 aromatic carbocycles. The van der Waals surface area contributed by atoms with Crippen molar-refractivity contribution >= 4 is 44.8 Å². The molecule has 3 amide bonds. The highest BCUT2D eigenvalue weighted by molar-refractivity contribution is 7.93. The quantitative estimate of drug-likeness (QED) is 0.299. The number of nitrogens with one attached hydrogen (secondary N) is 1. The second kappa shape index (κ2) is 12.0. The Balaban J connectivity index is 1.42. The van der Waals surface area contributed by atoms with Crippen LogP contribution in [-0.2, 0) is 24.2 Å². The maximum absolute atomic E-state index is 13.7. The van der Waals surface area contributed by atoms with Crippen molar-refractivity contribution < 1.29 is 28.0 Å². The summed E-state index contributed by atoms with van der Waals surface area (Å²) in [5, 5.41) is 9.37. The molecule has 2 N–H and O–H groups in total. The van der Waals surface area contributed by atoms with Gasteiger partial charge < -0.3 is 14.7 Å². The summed E-state index contributed by atoms with van der Waals surface area (Å²) in [7, 11) is -4.19. The van der Waals surface area contributed by atoms with E-state index in [1.807, 2.05) is 4.90 Å². The van der Waals surface area contributed by atoms with Crippen LogP contribution in [0.1, 0.15) is 46.0 Å². The molecule has 10 nitrogen and oxygen atoms in total. The van der Waals surface area contributed by atoms with Crippen LogP contribution in [0.25, 0.3) is 0 Å². The molecule has 0 bridgehead atoms. The molecule has 3 saturated heterocycles. The molecule has 0 saturated carbocycles. The molecule has 3 fully saturated rings. The van der Waals surface area contributed by atoms with Gasteiger partial charge in [-0.15, -0.1) is 11.6 Å². The second-order valence-corrected chi connectivity index (χ2v) is 13.9. The summed E-state index contributed by atoms with van der Waals surface area (Å²) < 4.78 is 25.5. The van der Waals surface area contributed by atoms with Crippen LogP contribution in [0.5, 0.6) is 0 Å². The molecule has 2 atom stereocenters. The number of sulfone groups is 1. The summed E-state index contributed by atoms with van der Waals surface area (Å²) in [6, 6.07) is 6.42. The number of amides is 3. The number of carbonyl (C=O) groups is 3. The highest BCUT2D eigenvalue weighted by Crippen LogP contribution is 2.37. The zero-order valence-electron chi connectivity index (χ0n) is 22.6. The Kier molecular flexibility index (Phi) is 9.12. The Morgan fingerprint density at radius 3 is 2.05 bits per heavy atom. The van der Waals surface area contributed by atoms with Crippen molar-refractivity contribution in [2.75, 3.05) is 50.0 Å². The van der Waals surface area contributed by atoms with E-state index in [1.54, 1.807) is 12.1 Å². The molecule has 0 aromatic heterocycles. The Morgan fingerprint density at radius 2 is 1.54 bits per heavy atom. The molecule has 1 aromatic rings. The monoisotopic (exact) mass is 582 g/mol. The minimum atomic E-state index is -4.19. The lowest BCUT2D eigenvalue weighted by Gasteiger charge is -2.40. The van der Waals surface area contributed by atoms with Gasteiger partial charge in [-0.1, -0.05) is 13.8 Å². The van der Waals surface area contributed by atoms with Crippen LogP contribution < -0.4 is 10.4 Å². The van der Waals surface area contributed by atoms with E-state index in [1.165, 1.54) is 22.5 Å². The van der Waals surface area contributed by atoms with Crippen LogP contribution in [-0.4, -0.2) is 91.0 Å². The van der Waals surface area contributed by atoms with Gasteiger partial charge in [-0.2, -0.15) is 0 Å². The van der Waals surface area contributed by atoms with Gasteiger partial charge in [-0.25, -0.2) is 13.9 Å². The third-order valence-corrected chi connectivity index (χ3v) is 11.3. The SMILES string of the molecule is C[C@H]1C[C@H](C)CN(C(=O)C2CCN(c3ccc(S(=O)(=O)C4(C(=O)NO)CCN(C(=O)CCl)CC4)cc3)CC2)C1. The number of benzene rings is 1. The molecular weight excluding hydrogens is 544 g/mol. The van der Waals surface area contributed by atoms with E-state index in [9.17, 15) is 28.0 Å². The first-order valence-electron chi connectivity index (χ1n) is 13.7. The largest absolute Gasteiger partial charge is 0.371 e. The number of hydrogen-bond donors (Lipinski definition) is 2. The molecule has 3 heterocycles. The molecule has 0 radical (unpaired) electrons. The Bertz CT molecular complexity index is 1150. The van der Waals surface area contributed by atoms with Crippen molar-refractivity contribution in [3.63, 3.8) is 0 Å². The summed E-state index contributed by atoms with van der Waals surface area (Å²) in [5.41, 5.74) is 2.38. The number of anilines is 1. The molecule has 39 heavy (non-hydrogen) atoms. The zero-order valence-corrected chi connectivity index (χ0v) is 24.2. The van der Waals surface area contributed by atoms with E-state index in [2.05, 4.69) is 18.7 Å². The van der Waals surface area contributed by atoms with Gasteiger partial charge in [0.2, 0.25) is 11.8 Å². The van der Waals surface area contributed by atoms with E-state index >= 15 is 0 Å². The van der Waals surface area contributed by atoms with Gasteiger partial charge in [-0.3, -0.25) is 19.6 Å². The third kappa shape index (κ3) is 5.90. The van der Waals surface area contributed by atoms with Crippen molar-refractivity contribution in [1.82, 2.24) is 15.3 Å². The Labute approximate surface area is 235 Å². The van der Waals surface area contributed by atoms with Gasteiger partial charge in [0.1, 0.15) is 5.88 Å². The lowest BCUT2D eigenvalue weighted by atomic mass is 9.89. The van der Waals surface area contributed by atoms with Crippen molar-refractivity contribution in [2.24, 2.45) is 17.8 Å². The fourth-order valence-corrected chi connectivity index (χ4v) is 8.59. The maximum Gasteiger partial charge on any atom is 0.265 e. The molecule has 3 aliphatic rings. The molecular formula is C27H39ClN4O6S. The number of hydrogen-bond acceptors (Lipinski definition) is 7. The third-order valence-electron chi connectivity index (χ3n) is 8.60. The molecule has 0 spiro atoms. The van der Waals surface area contributed by atoms with Crippen LogP contribution in [0.15, 0.2) is 29.2 Å². The minimum Gasteiger partial charge on any atom is -0.371 e. The predicted molar refractivity (Wildman–Crippen MR) is 147 cm³/mol. The fraction of sp³-hybridized carbons (Fsp3) is 0.667. The van der Waals surface area contributed by atoms with E-state index < -0.39 is 20.5 Å². The molecule has 12 heteroatoms. The number of rotatable bonds is 6. The average Bonchev–Trinajstić information content (AvgIpc) is 2.95. The smallest absolute Gasteiger partial charge is 0.265 e. The minimum absolute atomic E-state index is 0.00630. The standard InChI is InChI=1S/C27H39ClN4O6S/c1-19-15-20(2)18-32(17-19)25(34)21-7-11-30(12-8-21)22-3-5-23(6-4-22)39(37,38)27(26(35)29-36)9-13-31(14-10-27)24(33)16-28/h3-6,19-21,36H,7-18H2,1-2H3,(H,29,35)/t19-,20-/m0/s1. The van der Waals surface area contributed by atoms with Gasteiger partial charge in [0.15, 0.2) is 14.6 Å². The van der Waals surface area contributed by atoms with Crippen molar-refractivity contribution in [3.8, 4) is 0 Å². The lowest BCUT2D eigenvalue weighted by molar-refractivity contribution is -0.139. The number of carbonyl (C=O) groups excluding carboxylic acids is 3. The van der Waals surface area contributed by atoms with Crippen LogP contribution >= 0.6 is 11.6 Å². The first-order chi connectivity index (χ1) is 18.5. The topological polar surface area (TPSA) is 127 Å². The lowest BCUT2D eigenvalue weighted by Crippen LogP contribution is -2.58. The highest BCUT2D eigenvalue weighted by atomic mass is 35.5. The summed E-state index contributed by atoms with van der Waals surface area (Å²) in [4.78, 5) is 43.4. The number of alkyl halides is 1. The Morgan fingerprint density at radius 1 is 0.974 bits per heavy atom. The summed E-state index contributed by atoms with van der Waals surface area (Å²) in [6.45, 7) is 7.54. The van der Waals surface area contributed by atoms with E-state index in [-0.39, 0.29) is 54.4 Å². The normalized spacial score (nSPS) is 24.4. The van der Waals surface area contributed by atoms with Crippen molar-refractivity contribution in [2.45, 2.75) is 55.6 Å². The number of halogens is 1. The zero-order chi connectivity index (χ0) is 28.4. The number of hydroxylamine groups is 1. The van der Waals surface area contributed by atoms with Crippen molar-refractivity contribution in [1.29, 1.82) is 0 Å². The first-order valence-corrected chi connectivity index (χ1v) is 15.7. The van der Waals surface area contributed by atoms with Gasteiger partial charge in [0, 0.05) is 50.9 Å². The summed E-state index contributed by atoms with van der Waals surface area (Å²) >= 11 is 5.63. The van der Waals surface area contributed by atoms with Crippen LogP contribution in [0.2, 0.25) is 0 Å². The fourth-order valence-electron chi connectivity index (χ4n) is 6.47. The van der Waals surface area contributed by atoms with Crippen LogP contribution in [0.3, 0.4) is 0 Å². The molecule has 3 aliphatic heterocycles. The van der Waals surface area contributed by atoms with Gasteiger partial charge >= 0.3 is 0 Å². The van der Waals surface area contributed by atoms with E-state index in [4.69, 9.17) is 11.6 Å². The van der Waals surface area contributed by atoms with Gasteiger partial charge in [0.05, 0.1) is 4.90 Å². The second-order valence-electron chi connectivity index (χ2n) is 11.4. The van der Waals surface area contributed by atoms with Gasteiger partial charge in [-0.05, 0) is 68.2 Å². The summed E-state index contributed by atoms with van der Waals surface area (Å²) in [6.07, 6.45) is 2.35. The Hall–Kier alpha value is -2.37. The molecule has 0 unspecified atom stereocenters. The predicted octanol–water partition coefficient (Wildman–Crippen LogP) is 2.29. The number of likely N-dealkylation sites (tertiary alicyclic amines) is 2. The van der Waals surface area contributed by atoms with E-state index in [0.717, 1.165) is 38.0 Å². The van der Waals surface area contributed by atoms with Crippen molar-refractivity contribution in [3.05, 3.63) is 24.3 Å². The van der Waals surface area contributed by atoms with Gasteiger partial charge in [0.25, 0.3) is 5.91 Å². The number of piperidine rings is 3.